The van der Waals surface area contributed by atoms with Gasteiger partial charge in [0, 0.05) is 51.0 Å². The molecule has 342 valence electrons. The Bertz CT molecular complexity index is 1080. The van der Waals surface area contributed by atoms with Gasteiger partial charge < -0.3 is 43.8 Å². The van der Waals surface area contributed by atoms with Gasteiger partial charge in [0.05, 0.1) is 86.4 Å². The van der Waals surface area contributed by atoms with E-state index >= 15 is 0 Å². The molecule has 1 rings (SSSR count). The summed E-state index contributed by atoms with van der Waals surface area (Å²) in [5.41, 5.74) is 0. The third kappa shape index (κ3) is 36.6. The zero-order valence-electron chi connectivity index (χ0n) is 36.5. The average Bonchev–Trinajstić information content (AvgIpc) is 3.55. The molecule has 15 heteroatoms. The Morgan fingerprint density at radius 1 is 0.424 bits per heavy atom. The normalized spacial score (nSPS) is 12.5. The van der Waals surface area contributed by atoms with E-state index in [-0.39, 0.29) is 55.7 Å². The summed E-state index contributed by atoms with van der Waals surface area (Å²) in [5, 5.41) is 5.58. The average molecular weight is 842 g/mol. The van der Waals surface area contributed by atoms with Gasteiger partial charge in [-0.3, -0.25) is 28.9 Å². The molecular formula is C44H79N3O12. The molecule has 0 aromatic rings. The number of rotatable bonds is 45. The van der Waals surface area contributed by atoms with E-state index in [0.717, 1.165) is 30.6 Å². The van der Waals surface area contributed by atoms with Gasteiger partial charge in [0.25, 0.3) is 11.8 Å². The number of carbonyl (C=O) groups excluding carboxylic acids is 5. The zero-order valence-corrected chi connectivity index (χ0v) is 36.5. The Morgan fingerprint density at radius 3 is 1.15 bits per heavy atom. The third-order valence-electron chi connectivity index (χ3n) is 9.72. The molecule has 1 aliphatic rings. The highest BCUT2D eigenvalue weighted by atomic mass is 16.6. The SMILES string of the molecule is COC(=O)CCCCCCCCCCCCCCCCCCCCC(=O)NCCOCCOCCOCCOCCOCCOCCC(=O)NCCN1C(=O)C=CC1=O. The molecule has 1 aliphatic heterocycles. The van der Waals surface area contributed by atoms with Crippen molar-refractivity contribution in [2.75, 3.05) is 106 Å². The summed E-state index contributed by atoms with van der Waals surface area (Å²) in [6.07, 6.45) is 26.3. The minimum atomic E-state index is -0.367. The second kappa shape index (κ2) is 41.8. The second-order valence-corrected chi connectivity index (χ2v) is 14.7. The van der Waals surface area contributed by atoms with E-state index in [9.17, 15) is 24.0 Å². The first kappa shape index (κ1) is 54.1. The summed E-state index contributed by atoms with van der Waals surface area (Å²) < 4.78 is 37.5. The molecule has 0 bridgehead atoms. The molecule has 1 heterocycles. The maximum atomic E-state index is 12.1. The van der Waals surface area contributed by atoms with Gasteiger partial charge in [-0.25, -0.2) is 0 Å². The minimum Gasteiger partial charge on any atom is -0.469 e. The maximum Gasteiger partial charge on any atom is 0.305 e. The molecule has 59 heavy (non-hydrogen) atoms. The monoisotopic (exact) mass is 842 g/mol. The fourth-order valence-corrected chi connectivity index (χ4v) is 6.25. The van der Waals surface area contributed by atoms with Crippen LogP contribution in [0, 0.1) is 0 Å². The molecule has 2 N–H and O–H groups in total. The van der Waals surface area contributed by atoms with E-state index in [1.165, 1.54) is 109 Å². The van der Waals surface area contributed by atoms with Gasteiger partial charge in [-0.2, -0.15) is 0 Å². The molecule has 0 saturated heterocycles. The topological polar surface area (TPSA) is 177 Å². The number of ether oxygens (including phenoxy) is 7. The molecule has 0 saturated carbocycles. The van der Waals surface area contributed by atoms with Crippen LogP contribution in [0.25, 0.3) is 0 Å². The minimum absolute atomic E-state index is 0.0898. The van der Waals surface area contributed by atoms with Gasteiger partial charge in [0.15, 0.2) is 0 Å². The first-order valence-corrected chi connectivity index (χ1v) is 22.5. The molecule has 0 spiro atoms. The van der Waals surface area contributed by atoms with Crippen molar-refractivity contribution in [1.29, 1.82) is 0 Å². The summed E-state index contributed by atoms with van der Waals surface area (Å²) in [6.45, 7) is 5.95. The van der Waals surface area contributed by atoms with Crippen LogP contribution in [0.4, 0.5) is 0 Å². The molecule has 0 aromatic heterocycles. The van der Waals surface area contributed by atoms with Crippen molar-refractivity contribution in [2.45, 2.75) is 135 Å². The van der Waals surface area contributed by atoms with E-state index in [0.29, 0.717) is 92.1 Å². The second-order valence-electron chi connectivity index (χ2n) is 14.7. The zero-order chi connectivity index (χ0) is 42.7. The first-order valence-electron chi connectivity index (χ1n) is 22.5. The highest BCUT2D eigenvalue weighted by molar-refractivity contribution is 6.12. The highest BCUT2D eigenvalue weighted by Crippen LogP contribution is 2.15. The van der Waals surface area contributed by atoms with E-state index in [2.05, 4.69) is 15.4 Å². The number of imide groups is 1. The first-order chi connectivity index (χ1) is 28.9. The highest BCUT2D eigenvalue weighted by Gasteiger charge is 2.22. The van der Waals surface area contributed by atoms with Gasteiger partial charge in [-0.1, -0.05) is 103 Å². The van der Waals surface area contributed by atoms with Crippen molar-refractivity contribution in [1.82, 2.24) is 15.5 Å². The van der Waals surface area contributed by atoms with Crippen LogP contribution in [0.2, 0.25) is 0 Å². The molecule has 15 nitrogen and oxygen atoms in total. The van der Waals surface area contributed by atoms with Crippen LogP contribution in [0.1, 0.15) is 135 Å². The van der Waals surface area contributed by atoms with E-state index in [1.54, 1.807) is 0 Å². The van der Waals surface area contributed by atoms with Crippen LogP contribution in [0.3, 0.4) is 0 Å². The molecule has 0 unspecified atom stereocenters. The van der Waals surface area contributed by atoms with Crippen molar-refractivity contribution in [3.63, 3.8) is 0 Å². The van der Waals surface area contributed by atoms with Crippen molar-refractivity contribution in [3.8, 4) is 0 Å². The van der Waals surface area contributed by atoms with E-state index in [1.807, 2.05) is 0 Å². The van der Waals surface area contributed by atoms with Crippen LogP contribution in [-0.2, 0) is 57.1 Å². The Morgan fingerprint density at radius 2 is 0.746 bits per heavy atom. The molecule has 0 fully saturated rings. The van der Waals surface area contributed by atoms with Crippen LogP contribution in [-0.4, -0.2) is 141 Å². The van der Waals surface area contributed by atoms with Crippen LogP contribution >= 0.6 is 0 Å². The van der Waals surface area contributed by atoms with Crippen molar-refractivity contribution < 1.29 is 57.1 Å². The molecule has 0 aliphatic carbocycles. The fraction of sp³-hybridized carbons (Fsp3) is 0.841. The maximum absolute atomic E-state index is 12.1. The van der Waals surface area contributed by atoms with Crippen LogP contribution in [0.5, 0.6) is 0 Å². The Kier molecular flexibility index (Phi) is 38.3. The number of hydrogen-bond donors (Lipinski definition) is 2. The Hall–Kier alpha value is -2.95. The lowest BCUT2D eigenvalue weighted by Crippen LogP contribution is -2.38. The van der Waals surface area contributed by atoms with Gasteiger partial charge in [0.2, 0.25) is 11.8 Å². The summed E-state index contributed by atoms with van der Waals surface area (Å²) in [4.78, 5) is 59.0. The number of methoxy groups -OCH3 is 1. The number of carbonyl (C=O) groups is 5. The lowest BCUT2D eigenvalue weighted by Gasteiger charge is -2.14. The number of hydrogen-bond acceptors (Lipinski definition) is 12. The van der Waals surface area contributed by atoms with E-state index < -0.39 is 0 Å². The van der Waals surface area contributed by atoms with Crippen molar-refractivity contribution in [2.24, 2.45) is 0 Å². The van der Waals surface area contributed by atoms with Crippen LogP contribution < -0.4 is 10.6 Å². The predicted molar refractivity (Wildman–Crippen MR) is 226 cm³/mol. The molecule has 0 aromatic carbocycles. The van der Waals surface area contributed by atoms with Crippen molar-refractivity contribution >= 4 is 29.6 Å². The number of nitrogens with zero attached hydrogens (tertiary/aromatic N) is 1. The quantitative estimate of drug-likeness (QED) is 0.0441. The lowest BCUT2D eigenvalue weighted by molar-refractivity contribution is -0.141. The molecule has 0 atom stereocenters. The number of esters is 1. The summed E-state index contributed by atoms with van der Waals surface area (Å²) in [5.74, 6) is -0.943. The lowest BCUT2D eigenvalue weighted by atomic mass is 10.0. The van der Waals surface area contributed by atoms with E-state index in [4.69, 9.17) is 28.4 Å². The fourth-order valence-electron chi connectivity index (χ4n) is 6.25. The number of amides is 4. The van der Waals surface area contributed by atoms with Gasteiger partial charge in [0.1, 0.15) is 0 Å². The number of nitrogens with one attached hydrogen (secondary N) is 2. The number of unbranched alkanes of at least 4 members (excludes halogenated alkanes) is 17. The summed E-state index contributed by atoms with van der Waals surface area (Å²) in [6, 6.07) is 0. The van der Waals surface area contributed by atoms with Gasteiger partial charge in [-0.05, 0) is 12.8 Å². The van der Waals surface area contributed by atoms with Crippen LogP contribution in [0.15, 0.2) is 12.2 Å². The smallest absolute Gasteiger partial charge is 0.305 e. The third-order valence-corrected chi connectivity index (χ3v) is 9.72. The van der Waals surface area contributed by atoms with Gasteiger partial charge in [-0.15, -0.1) is 0 Å². The Labute approximate surface area is 354 Å². The summed E-state index contributed by atoms with van der Waals surface area (Å²) in [7, 11) is 1.46. The van der Waals surface area contributed by atoms with Gasteiger partial charge >= 0.3 is 5.97 Å². The molecular weight excluding hydrogens is 762 g/mol. The molecule has 4 amide bonds. The Balaban J connectivity index is 1.67. The molecule has 0 radical (unpaired) electrons. The van der Waals surface area contributed by atoms with Crippen molar-refractivity contribution in [3.05, 3.63) is 12.2 Å². The predicted octanol–water partition coefficient (Wildman–Crippen LogP) is 5.61. The summed E-state index contributed by atoms with van der Waals surface area (Å²) >= 11 is 0. The standard InChI is InChI=1S/C44H79N3O12/c1-53-44(52)21-19-17-15-13-11-9-7-5-3-2-4-6-8-10-12-14-16-18-20-40(48)46-26-29-55-31-33-57-35-37-59-39-38-58-36-34-56-32-30-54-28-24-41(49)45-25-27-47-42(50)22-23-43(47)51/h22-23H,2-21,24-39H2,1H3,(H,45,49)(H,46,48). The largest absolute Gasteiger partial charge is 0.469 e.